The molecule has 0 bridgehead atoms. The lowest BCUT2D eigenvalue weighted by molar-refractivity contribution is 0.459. The molecule has 2 heteroatoms. The zero-order valence-corrected chi connectivity index (χ0v) is 12.5. The molecule has 0 aromatic heterocycles. The molecule has 2 aromatic carbocycles. The molecule has 1 nitrogen and oxygen atoms in total. The predicted molar refractivity (Wildman–Crippen MR) is 83.1 cm³/mol. The van der Waals surface area contributed by atoms with Gasteiger partial charge in [-0.05, 0) is 48.1 Å². The Morgan fingerprint density at radius 3 is 2.68 bits per heavy atom. The fraction of sp³-hybridized carbons (Fsp3) is 0.294. The standard InChI is InChI=1S/C17H18BrN/c18-15-10-8-13(9-11-15)12-19-17-7-3-5-14-4-1-2-6-16(14)17/h1-2,4,6,8-11,17,19H,3,5,7,12H2/t17-/m0/s1. The molecule has 1 aliphatic rings. The van der Waals surface area contributed by atoms with Gasteiger partial charge in [-0.1, -0.05) is 52.3 Å². The number of fused-ring (bicyclic) bond motifs is 1. The highest BCUT2D eigenvalue weighted by molar-refractivity contribution is 9.10. The maximum atomic E-state index is 3.70. The van der Waals surface area contributed by atoms with Crippen molar-refractivity contribution in [3.05, 3.63) is 69.7 Å². The maximum Gasteiger partial charge on any atom is 0.0326 e. The zero-order valence-electron chi connectivity index (χ0n) is 10.9. The van der Waals surface area contributed by atoms with Crippen LogP contribution in [0.15, 0.2) is 53.0 Å². The Kier molecular flexibility index (Phi) is 4.00. The van der Waals surface area contributed by atoms with Crippen LogP contribution in [0.4, 0.5) is 0 Å². The average Bonchev–Trinajstić information content (AvgIpc) is 2.47. The van der Waals surface area contributed by atoms with E-state index in [1.807, 2.05) is 0 Å². The number of aryl methyl sites for hydroxylation is 1. The van der Waals surface area contributed by atoms with Crippen molar-refractivity contribution in [1.29, 1.82) is 0 Å². The van der Waals surface area contributed by atoms with Gasteiger partial charge in [-0.2, -0.15) is 0 Å². The minimum absolute atomic E-state index is 0.508. The van der Waals surface area contributed by atoms with Crippen LogP contribution < -0.4 is 5.32 Å². The first-order chi connectivity index (χ1) is 9.33. The Morgan fingerprint density at radius 1 is 1.05 bits per heavy atom. The van der Waals surface area contributed by atoms with Crippen molar-refractivity contribution in [2.24, 2.45) is 0 Å². The molecule has 0 aliphatic heterocycles. The average molecular weight is 316 g/mol. The van der Waals surface area contributed by atoms with Crippen molar-refractivity contribution in [2.45, 2.75) is 31.8 Å². The van der Waals surface area contributed by atoms with Crippen LogP contribution in [0.2, 0.25) is 0 Å². The van der Waals surface area contributed by atoms with Crippen LogP contribution in [0.25, 0.3) is 0 Å². The van der Waals surface area contributed by atoms with Gasteiger partial charge in [0.1, 0.15) is 0 Å². The highest BCUT2D eigenvalue weighted by Gasteiger charge is 2.18. The summed E-state index contributed by atoms with van der Waals surface area (Å²) in [5.74, 6) is 0. The van der Waals surface area contributed by atoms with Gasteiger partial charge in [0.05, 0.1) is 0 Å². The normalized spacial score (nSPS) is 18.1. The first-order valence-corrected chi connectivity index (χ1v) is 7.68. The van der Waals surface area contributed by atoms with Gasteiger partial charge in [0.2, 0.25) is 0 Å². The summed E-state index contributed by atoms with van der Waals surface area (Å²) in [5.41, 5.74) is 4.35. The molecule has 1 N–H and O–H groups in total. The van der Waals surface area contributed by atoms with Crippen molar-refractivity contribution in [1.82, 2.24) is 5.32 Å². The second kappa shape index (κ2) is 5.89. The summed E-state index contributed by atoms with van der Waals surface area (Å²) >= 11 is 3.47. The van der Waals surface area contributed by atoms with Gasteiger partial charge in [-0.15, -0.1) is 0 Å². The van der Waals surface area contributed by atoms with Gasteiger partial charge < -0.3 is 5.32 Å². The summed E-state index contributed by atoms with van der Waals surface area (Å²) in [7, 11) is 0. The van der Waals surface area contributed by atoms with Crippen molar-refractivity contribution < 1.29 is 0 Å². The summed E-state index contributed by atoms with van der Waals surface area (Å²) in [4.78, 5) is 0. The van der Waals surface area contributed by atoms with E-state index in [0.717, 1.165) is 11.0 Å². The van der Waals surface area contributed by atoms with Crippen molar-refractivity contribution in [3.63, 3.8) is 0 Å². The van der Waals surface area contributed by atoms with Crippen LogP contribution in [-0.2, 0) is 13.0 Å². The second-order valence-corrected chi connectivity index (χ2v) is 6.07. The molecule has 0 saturated carbocycles. The van der Waals surface area contributed by atoms with E-state index >= 15 is 0 Å². The summed E-state index contributed by atoms with van der Waals surface area (Å²) in [5, 5.41) is 3.70. The molecule has 19 heavy (non-hydrogen) atoms. The van der Waals surface area contributed by atoms with E-state index in [-0.39, 0.29) is 0 Å². The molecule has 1 aliphatic carbocycles. The lowest BCUT2D eigenvalue weighted by Gasteiger charge is -2.26. The third-order valence-electron chi connectivity index (χ3n) is 3.84. The summed E-state index contributed by atoms with van der Waals surface area (Å²) in [6.45, 7) is 0.937. The van der Waals surface area contributed by atoms with Crippen LogP contribution in [-0.4, -0.2) is 0 Å². The molecule has 0 heterocycles. The second-order valence-electron chi connectivity index (χ2n) is 5.15. The summed E-state index contributed by atoms with van der Waals surface area (Å²) < 4.78 is 1.14. The Balaban J connectivity index is 1.69. The minimum Gasteiger partial charge on any atom is -0.306 e. The van der Waals surface area contributed by atoms with Crippen molar-refractivity contribution in [2.75, 3.05) is 0 Å². The SMILES string of the molecule is Brc1ccc(CN[C@H]2CCCc3ccccc32)cc1. The minimum atomic E-state index is 0.508. The lowest BCUT2D eigenvalue weighted by atomic mass is 9.87. The van der Waals surface area contributed by atoms with E-state index in [4.69, 9.17) is 0 Å². The third kappa shape index (κ3) is 3.07. The molecule has 2 aromatic rings. The fourth-order valence-electron chi connectivity index (χ4n) is 2.81. The Hall–Kier alpha value is -1.12. The number of nitrogens with one attached hydrogen (secondary N) is 1. The fourth-order valence-corrected chi connectivity index (χ4v) is 3.07. The number of halogens is 1. The summed E-state index contributed by atoms with van der Waals surface area (Å²) in [6, 6.07) is 17.9. The lowest BCUT2D eigenvalue weighted by Crippen LogP contribution is -2.24. The summed E-state index contributed by atoms with van der Waals surface area (Å²) in [6.07, 6.45) is 3.76. The third-order valence-corrected chi connectivity index (χ3v) is 4.36. The highest BCUT2D eigenvalue weighted by atomic mass is 79.9. The van der Waals surface area contributed by atoms with Gasteiger partial charge in [-0.25, -0.2) is 0 Å². The number of hydrogen-bond acceptors (Lipinski definition) is 1. The van der Waals surface area contributed by atoms with E-state index in [1.54, 1.807) is 0 Å². The molecular weight excluding hydrogens is 298 g/mol. The molecule has 0 radical (unpaired) electrons. The van der Waals surface area contributed by atoms with E-state index < -0.39 is 0 Å². The molecule has 0 saturated heterocycles. The molecule has 0 amide bonds. The van der Waals surface area contributed by atoms with E-state index in [0.29, 0.717) is 6.04 Å². The Morgan fingerprint density at radius 2 is 1.84 bits per heavy atom. The predicted octanol–water partition coefficient (Wildman–Crippen LogP) is 4.62. The highest BCUT2D eigenvalue weighted by Crippen LogP contribution is 2.29. The largest absolute Gasteiger partial charge is 0.306 e. The zero-order chi connectivity index (χ0) is 13.1. The molecule has 1 atom stereocenters. The molecule has 0 unspecified atom stereocenters. The maximum absolute atomic E-state index is 3.70. The van der Waals surface area contributed by atoms with Crippen LogP contribution in [0.1, 0.15) is 35.6 Å². The Bertz CT molecular complexity index is 547. The quantitative estimate of drug-likeness (QED) is 0.871. The molecule has 0 fully saturated rings. The topological polar surface area (TPSA) is 12.0 Å². The van der Waals surface area contributed by atoms with Gasteiger partial charge in [0.15, 0.2) is 0 Å². The number of rotatable bonds is 3. The van der Waals surface area contributed by atoms with E-state index in [1.165, 1.54) is 36.0 Å². The Labute approximate surface area is 123 Å². The molecule has 3 rings (SSSR count). The molecule has 0 spiro atoms. The number of benzene rings is 2. The number of hydrogen-bond donors (Lipinski definition) is 1. The first-order valence-electron chi connectivity index (χ1n) is 6.88. The monoisotopic (exact) mass is 315 g/mol. The van der Waals surface area contributed by atoms with Crippen LogP contribution in [0.3, 0.4) is 0 Å². The van der Waals surface area contributed by atoms with Crippen LogP contribution >= 0.6 is 15.9 Å². The van der Waals surface area contributed by atoms with Crippen LogP contribution in [0.5, 0.6) is 0 Å². The van der Waals surface area contributed by atoms with Gasteiger partial charge in [0.25, 0.3) is 0 Å². The van der Waals surface area contributed by atoms with E-state index in [9.17, 15) is 0 Å². The first kappa shape index (κ1) is 12.9. The van der Waals surface area contributed by atoms with E-state index in [2.05, 4.69) is 69.8 Å². The smallest absolute Gasteiger partial charge is 0.0326 e. The van der Waals surface area contributed by atoms with Gasteiger partial charge in [-0.3, -0.25) is 0 Å². The molecular formula is C17H18BrN. The van der Waals surface area contributed by atoms with Gasteiger partial charge in [0, 0.05) is 17.1 Å². The van der Waals surface area contributed by atoms with Crippen LogP contribution in [0, 0.1) is 0 Å². The van der Waals surface area contributed by atoms with Crippen molar-refractivity contribution in [3.8, 4) is 0 Å². The molecule has 98 valence electrons. The van der Waals surface area contributed by atoms with Gasteiger partial charge >= 0.3 is 0 Å². The van der Waals surface area contributed by atoms with Crippen molar-refractivity contribution >= 4 is 15.9 Å².